The topological polar surface area (TPSA) is 79.4 Å². The molecule has 1 saturated heterocycles. The van der Waals surface area contributed by atoms with Gasteiger partial charge in [0.15, 0.2) is 0 Å². The quantitative estimate of drug-likeness (QED) is 0.743. The molecule has 0 spiro atoms. The van der Waals surface area contributed by atoms with Crippen molar-refractivity contribution in [3.05, 3.63) is 45.9 Å². The molecule has 0 aliphatic carbocycles. The number of thiazole rings is 1. The van der Waals surface area contributed by atoms with Gasteiger partial charge >= 0.3 is 0 Å². The number of nitrogens with one attached hydrogen (secondary N) is 1. The number of carbonyl (C=O) groups excluding carboxylic acids is 1. The van der Waals surface area contributed by atoms with Gasteiger partial charge in [-0.15, -0.1) is 11.3 Å². The molecule has 2 heterocycles. The summed E-state index contributed by atoms with van der Waals surface area (Å²) in [7, 11) is -4.15. The normalized spacial score (nSPS) is 16.3. The summed E-state index contributed by atoms with van der Waals surface area (Å²) in [5, 5.41) is 5.78. The second kappa shape index (κ2) is 8.85. The summed E-state index contributed by atoms with van der Waals surface area (Å²) < 4.78 is 53.6. The fourth-order valence-corrected chi connectivity index (χ4v) is 5.54. The van der Waals surface area contributed by atoms with E-state index in [0.717, 1.165) is 27.1 Å². The van der Waals surface area contributed by atoms with Crippen LogP contribution in [0.25, 0.3) is 0 Å². The first kappa shape index (κ1) is 21.8. The van der Waals surface area contributed by atoms with Crippen LogP contribution in [-0.4, -0.2) is 36.7 Å². The molecule has 6 nitrogen and oxygen atoms in total. The molecule has 1 fully saturated rings. The molecular weight excluding hydrogens is 420 g/mol. The molecule has 0 radical (unpaired) electrons. The molecular formula is C19H23F2N3O3S2. The maximum absolute atomic E-state index is 13.9. The molecule has 1 aliphatic rings. The second-order valence-corrected chi connectivity index (χ2v) is 10.1. The molecule has 158 valence electrons. The van der Waals surface area contributed by atoms with Crippen LogP contribution in [0.5, 0.6) is 0 Å². The Morgan fingerprint density at radius 3 is 2.62 bits per heavy atom. The highest BCUT2D eigenvalue weighted by atomic mass is 32.2. The average molecular weight is 444 g/mol. The number of nitrogens with zero attached hydrogens (tertiary/aromatic N) is 2. The smallest absolute Gasteiger partial charge is 0.246 e. The Kier molecular flexibility index (Phi) is 6.65. The van der Waals surface area contributed by atoms with Crippen LogP contribution >= 0.6 is 11.3 Å². The fourth-order valence-electron chi connectivity index (χ4n) is 3.16. The molecule has 3 rings (SSSR count). The van der Waals surface area contributed by atoms with E-state index in [9.17, 15) is 22.0 Å². The maximum atomic E-state index is 13.9. The van der Waals surface area contributed by atoms with Gasteiger partial charge in [-0.2, -0.15) is 4.31 Å². The zero-order valence-electron chi connectivity index (χ0n) is 16.2. The monoisotopic (exact) mass is 443 g/mol. The van der Waals surface area contributed by atoms with Gasteiger partial charge in [-0.25, -0.2) is 22.2 Å². The highest BCUT2D eigenvalue weighted by Crippen LogP contribution is 2.26. The minimum atomic E-state index is -4.15. The first-order chi connectivity index (χ1) is 13.7. The van der Waals surface area contributed by atoms with E-state index in [2.05, 4.69) is 24.1 Å². The summed E-state index contributed by atoms with van der Waals surface area (Å²) in [6, 6.07) is 2.35. The summed E-state index contributed by atoms with van der Waals surface area (Å²) in [5.74, 6) is -1.96. The first-order valence-corrected chi connectivity index (χ1v) is 11.7. The lowest BCUT2D eigenvalue weighted by Crippen LogP contribution is -2.43. The van der Waals surface area contributed by atoms with Crippen LogP contribution in [-0.2, 0) is 21.4 Å². The number of aromatic nitrogens is 1. The van der Waals surface area contributed by atoms with Crippen molar-refractivity contribution in [1.82, 2.24) is 14.6 Å². The number of hydrogen-bond acceptors (Lipinski definition) is 5. The van der Waals surface area contributed by atoms with E-state index in [1.807, 2.05) is 5.38 Å². The van der Waals surface area contributed by atoms with Crippen LogP contribution in [0.3, 0.4) is 0 Å². The number of hydrogen-bond donors (Lipinski definition) is 1. The van der Waals surface area contributed by atoms with E-state index in [-0.39, 0.29) is 24.9 Å². The van der Waals surface area contributed by atoms with Crippen LogP contribution in [0, 0.1) is 17.6 Å². The van der Waals surface area contributed by atoms with E-state index in [1.54, 1.807) is 11.3 Å². The zero-order valence-corrected chi connectivity index (χ0v) is 17.8. The van der Waals surface area contributed by atoms with Gasteiger partial charge in [0.25, 0.3) is 0 Å². The van der Waals surface area contributed by atoms with Gasteiger partial charge < -0.3 is 5.32 Å². The Morgan fingerprint density at radius 1 is 1.31 bits per heavy atom. The van der Waals surface area contributed by atoms with Gasteiger partial charge in [0.2, 0.25) is 15.9 Å². The molecule has 2 aromatic rings. The predicted octanol–water partition coefficient (Wildman–Crippen LogP) is 3.26. The summed E-state index contributed by atoms with van der Waals surface area (Å²) >= 11 is 1.55. The van der Waals surface area contributed by atoms with Crippen molar-refractivity contribution in [2.75, 3.05) is 13.1 Å². The summed E-state index contributed by atoms with van der Waals surface area (Å²) in [6.45, 7) is 4.58. The Hall–Kier alpha value is -1.91. The average Bonchev–Trinajstić information content (AvgIpc) is 3.17. The zero-order chi connectivity index (χ0) is 21.2. The SMILES string of the molecule is CC(C)c1nc(CNC(=O)C2CCN(S(=O)(=O)c3cc(F)ccc3F)CC2)cs1. The molecule has 10 heteroatoms. The standard InChI is InChI=1S/C19H23F2N3O3S2/c1-12(2)19-23-15(11-28-19)10-22-18(25)13-5-7-24(8-6-13)29(26,27)17-9-14(20)3-4-16(17)21/h3-4,9,11-13H,5-8,10H2,1-2H3,(H,22,25). The lowest BCUT2D eigenvalue weighted by atomic mass is 9.97. The van der Waals surface area contributed by atoms with Gasteiger partial charge in [-0.05, 0) is 31.0 Å². The number of carbonyl (C=O) groups is 1. The number of benzene rings is 1. The molecule has 1 N–H and O–H groups in total. The fraction of sp³-hybridized carbons (Fsp3) is 0.474. The highest BCUT2D eigenvalue weighted by molar-refractivity contribution is 7.89. The second-order valence-electron chi connectivity index (χ2n) is 7.30. The maximum Gasteiger partial charge on any atom is 0.246 e. The van der Waals surface area contributed by atoms with Crippen LogP contribution in [0.4, 0.5) is 8.78 Å². The molecule has 1 amide bonds. The number of halogens is 2. The van der Waals surface area contributed by atoms with E-state index in [4.69, 9.17) is 0 Å². The van der Waals surface area contributed by atoms with Crippen molar-refractivity contribution < 1.29 is 22.0 Å². The van der Waals surface area contributed by atoms with Crippen LogP contribution < -0.4 is 5.32 Å². The molecule has 0 atom stereocenters. The summed E-state index contributed by atoms with van der Waals surface area (Å²) in [6.07, 6.45) is 0.632. The minimum Gasteiger partial charge on any atom is -0.350 e. The third-order valence-electron chi connectivity index (χ3n) is 4.84. The minimum absolute atomic E-state index is 0.0740. The van der Waals surface area contributed by atoms with Gasteiger partial charge in [0.05, 0.1) is 17.2 Å². The largest absolute Gasteiger partial charge is 0.350 e. The predicted molar refractivity (Wildman–Crippen MR) is 106 cm³/mol. The van der Waals surface area contributed by atoms with Crippen LogP contribution in [0.15, 0.2) is 28.5 Å². The lowest BCUT2D eigenvalue weighted by molar-refractivity contribution is -0.126. The van der Waals surface area contributed by atoms with Crippen molar-refractivity contribution in [1.29, 1.82) is 0 Å². The molecule has 0 saturated carbocycles. The molecule has 29 heavy (non-hydrogen) atoms. The van der Waals surface area contributed by atoms with E-state index in [0.29, 0.717) is 31.4 Å². The van der Waals surface area contributed by atoms with E-state index < -0.39 is 26.6 Å². The van der Waals surface area contributed by atoms with Crippen molar-refractivity contribution in [2.24, 2.45) is 5.92 Å². The Morgan fingerprint density at radius 2 is 2.00 bits per heavy atom. The van der Waals surface area contributed by atoms with E-state index in [1.165, 1.54) is 0 Å². The van der Waals surface area contributed by atoms with Gasteiger partial charge in [-0.1, -0.05) is 13.8 Å². The Balaban J connectivity index is 1.56. The van der Waals surface area contributed by atoms with E-state index >= 15 is 0 Å². The highest BCUT2D eigenvalue weighted by Gasteiger charge is 2.33. The van der Waals surface area contributed by atoms with Gasteiger partial charge in [0.1, 0.15) is 16.5 Å². The Bertz CT molecular complexity index is 984. The van der Waals surface area contributed by atoms with Crippen molar-refractivity contribution in [3.63, 3.8) is 0 Å². The summed E-state index contributed by atoms with van der Waals surface area (Å²) in [5.41, 5.74) is 0.800. The molecule has 1 aromatic heterocycles. The third-order valence-corrected chi connectivity index (χ3v) is 7.95. The number of piperidine rings is 1. The molecule has 1 aliphatic heterocycles. The molecule has 1 aromatic carbocycles. The number of amides is 1. The Labute approximate surface area is 173 Å². The van der Waals surface area contributed by atoms with Gasteiger partial charge in [-0.3, -0.25) is 4.79 Å². The van der Waals surface area contributed by atoms with Crippen molar-refractivity contribution in [2.45, 2.75) is 44.0 Å². The lowest BCUT2D eigenvalue weighted by Gasteiger charge is -2.30. The molecule has 0 bridgehead atoms. The van der Waals surface area contributed by atoms with Crippen LogP contribution in [0.1, 0.15) is 43.3 Å². The third kappa shape index (κ3) is 4.99. The molecule has 0 unspecified atom stereocenters. The number of sulfonamides is 1. The summed E-state index contributed by atoms with van der Waals surface area (Å²) in [4.78, 5) is 16.2. The van der Waals surface area contributed by atoms with Crippen molar-refractivity contribution >= 4 is 27.3 Å². The van der Waals surface area contributed by atoms with Gasteiger partial charge in [0, 0.05) is 30.3 Å². The van der Waals surface area contributed by atoms with Crippen molar-refractivity contribution in [3.8, 4) is 0 Å². The van der Waals surface area contributed by atoms with Crippen LogP contribution in [0.2, 0.25) is 0 Å². The first-order valence-electron chi connectivity index (χ1n) is 9.35. The number of rotatable bonds is 6.